The standard InChI is InChI=1S/C6H12N2.2ClH/c1-8-3-5-2-7-6(5)4-8;;/h5-7H,2-4H2,1H3;2*1H/t5-,6+;;/m1../s1. The maximum absolute atomic E-state index is 3.40. The predicted molar refractivity (Wildman–Crippen MR) is 47.3 cm³/mol. The Bertz CT molecular complexity index is 97.9. The molecule has 2 saturated heterocycles. The summed E-state index contributed by atoms with van der Waals surface area (Å²) < 4.78 is 0. The van der Waals surface area contributed by atoms with Crippen molar-refractivity contribution in [2.45, 2.75) is 6.04 Å². The molecule has 0 aromatic rings. The Hall–Kier alpha value is 0.500. The van der Waals surface area contributed by atoms with Gasteiger partial charge in [-0.3, -0.25) is 0 Å². The van der Waals surface area contributed by atoms with Crippen molar-refractivity contribution in [1.82, 2.24) is 10.2 Å². The Morgan fingerprint density at radius 3 is 2.20 bits per heavy atom. The summed E-state index contributed by atoms with van der Waals surface area (Å²) >= 11 is 0. The molecule has 2 fully saturated rings. The summed E-state index contributed by atoms with van der Waals surface area (Å²) in [5.41, 5.74) is 0. The second-order valence-electron chi connectivity index (χ2n) is 3.00. The number of nitrogens with zero attached hydrogens (tertiary/aromatic N) is 1. The summed E-state index contributed by atoms with van der Waals surface area (Å²) in [5, 5.41) is 3.40. The van der Waals surface area contributed by atoms with Crippen LogP contribution in [0.25, 0.3) is 0 Å². The highest BCUT2D eigenvalue weighted by Crippen LogP contribution is 2.21. The van der Waals surface area contributed by atoms with Crippen LogP contribution in [-0.4, -0.2) is 37.6 Å². The lowest BCUT2D eigenvalue weighted by Crippen LogP contribution is -2.51. The molecule has 0 saturated carbocycles. The minimum Gasteiger partial charge on any atom is -0.312 e. The molecular formula is C6H14Cl2N2. The van der Waals surface area contributed by atoms with E-state index in [0.29, 0.717) is 0 Å². The van der Waals surface area contributed by atoms with Crippen molar-refractivity contribution >= 4 is 24.8 Å². The van der Waals surface area contributed by atoms with Gasteiger partial charge in [0.2, 0.25) is 0 Å². The van der Waals surface area contributed by atoms with E-state index in [1.807, 2.05) is 0 Å². The second kappa shape index (κ2) is 3.77. The number of fused-ring (bicyclic) bond motifs is 1. The van der Waals surface area contributed by atoms with Crippen LogP contribution < -0.4 is 5.32 Å². The van der Waals surface area contributed by atoms with Crippen molar-refractivity contribution < 1.29 is 0 Å². The number of hydrogen-bond acceptors (Lipinski definition) is 2. The first kappa shape index (κ1) is 10.5. The summed E-state index contributed by atoms with van der Waals surface area (Å²) in [6.07, 6.45) is 0. The first-order chi connectivity index (χ1) is 3.86. The van der Waals surface area contributed by atoms with Crippen LogP contribution in [0.3, 0.4) is 0 Å². The quantitative estimate of drug-likeness (QED) is 0.586. The largest absolute Gasteiger partial charge is 0.312 e. The van der Waals surface area contributed by atoms with Crippen LogP contribution >= 0.6 is 24.8 Å². The number of rotatable bonds is 0. The molecule has 4 heteroatoms. The molecule has 2 nitrogen and oxygen atoms in total. The highest BCUT2D eigenvalue weighted by Gasteiger charge is 2.36. The molecule has 2 aliphatic heterocycles. The van der Waals surface area contributed by atoms with Crippen molar-refractivity contribution in [3.63, 3.8) is 0 Å². The maximum atomic E-state index is 3.40. The van der Waals surface area contributed by atoms with Crippen molar-refractivity contribution in [2.75, 3.05) is 26.7 Å². The van der Waals surface area contributed by atoms with Crippen LogP contribution in [0.15, 0.2) is 0 Å². The molecule has 62 valence electrons. The van der Waals surface area contributed by atoms with Gasteiger partial charge in [0.25, 0.3) is 0 Å². The number of halogens is 2. The normalized spacial score (nSPS) is 36.9. The van der Waals surface area contributed by atoms with Crippen LogP contribution in [0.5, 0.6) is 0 Å². The Morgan fingerprint density at radius 2 is 2.00 bits per heavy atom. The zero-order chi connectivity index (χ0) is 5.56. The predicted octanol–water partition coefficient (Wildman–Crippen LogP) is 0.363. The van der Waals surface area contributed by atoms with Gasteiger partial charge in [-0.25, -0.2) is 0 Å². The SMILES string of the molecule is CN1C[C@H]2CN[C@H]2C1.Cl.Cl. The van der Waals surface area contributed by atoms with Crippen molar-refractivity contribution in [2.24, 2.45) is 5.92 Å². The van der Waals surface area contributed by atoms with Gasteiger partial charge in [0, 0.05) is 31.6 Å². The van der Waals surface area contributed by atoms with Gasteiger partial charge >= 0.3 is 0 Å². The van der Waals surface area contributed by atoms with Gasteiger partial charge in [0.1, 0.15) is 0 Å². The zero-order valence-corrected chi connectivity index (χ0v) is 7.67. The van der Waals surface area contributed by atoms with E-state index in [1.165, 1.54) is 19.6 Å². The molecule has 0 aromatic heterocycles. The van der Waals surface area contributed by atoms with Crippen LogP contribution in [0.1, 0.15) is 0 Å². The number of nitrogens with one attached hydrogen (secondary N) is 1. The Balaban J connectivity index is 0.000000405. The summed E-state index contributed by atoms with van der Waals surface area (Å²) in [6.45, 7) is 3.84. The molecule has 2 rings (SSSR count). The van der Waals surface area contributed by atoms with Crippen LogP contribution in [0.2, 0.25) is 0 Å². The Morgan fingerprint density at radius 1 is 1.30 bits per heavy atom. The molecule has 10 heavy (non-hydrogen) atoms. The van der Waals surface area contributed by atoms with E-state index < -0.39 is 0 Å². The van der Waals surface area contributed by atoms with Crippen LogP contribution in [-0.2, 0) is 0 Å². The third-order valence-electron chi connectivity index (χ3n) is 2.27. The van der Waals surface area contributed by atoms with Crippen LogP contribution in [0.4, 0.5) is 0 Å². The monoisotopic (exact) mass is 184 g/mol. The molecule has 0 aliphatic carbocycles. The maximum Gasteiger partial charge on any atom is 0.0247 e. The third-order valence-corrected chi connectivity index (χ3v) is 2.27. The first-order valence-electron chi connectivity index (χ1n) is 3.28. The highest BCUT2D eigenvalue weighted by molar-refractivity contribution is 5.85. The van der Waals surface area contributed by atoms with Crippen molar-refractivity contribution in [3.05, 3.63) is 0 Å². The molecule has 2 heterocycles. The smallest absolute Gasteiger partial charge is 0.0247 e. The lowest BCUT2D eigenvalue weighted by Gasteiger charge is -2.30. The number of hydrogen-bond donors (Lipinski definition) is 1. The molecule has 0 unspecified atom stereocenters. The van der Waals surface area contributed by atoms with E-state index in [0.717, 1.165) is 12.0 Å². The van der Waals surface area contributed by atoms with Gasteiger partial charge in [-0.15, -0.1) is 24.8 Å². The number of likely N-dealkylation sites (tertiary alicyclic amines) is 1. The number of likely N-dealkylation sites (N-methyl/N-ethyl adjacent to an activating group) is 1. The molecule has 0 radical (unpaired) electrons. The summed E-state index contributed by atoms with van der Waals surface area (Å²) in [4.78, 5) is 2.40. The fourth-order valence-corrected chi connectivity index (χ4v) is 1.67. The lowest BCUT2D eigenvalue weighted by molar-refractivity contribution is 0.297. The average Bonchev–Trinajstić information content (AvgIpc) is 1.91. The second-order valence-corrected chi connectivity index (χ2v) is 3.00. The first-order valence-corrected chi connectivity index (χ1v) is 3.28. The topological polar surface area (TPSA) is 15.3 Å². The van der Waals surface area contributed by atoms with Gasteiger partial charge in [-0.2, -0.15) is 0 Å². The van der Waals surface area contributed by atoms with Crippen molar-refractivity contribution in [3.8, 4) is 0 Å². The zero-order valence-electron chi connectivity index (χ0n) is 6.04. The molecular weight excluding hydrogens is 171 g/mol. The van der Waals surface area contributed by atoms with E-state index >= 15 is 0 Å². The molecule has 0 bridgehead atoms. The van der Waals surface area contributed by atoms with E-state index in [-0.39, 0.29) is 24.8 Å². The fourth-order valence-electron chi connectivity index (χ4n) is 1.67. The average molecular weight is 185 g/mol. The molecule has 0 aromatic carbocycles. The summed E-state index contributed by atoms with van der Waals surface area (Å²) in [6, 6.07) is 0.847. The molecule has 0 spiro atoms. The fraction of sp³-hybridized carbons (Fsp3) is 1.00. The molecule has 2 atom stereocenters. The lowest BCUT2D eigenvalue weighted by atomic mass is 9.96. The minimum atomic E-state index is 0. The molecule has 2 aliphatic rings. The van der Waals surface area contributed by atoms with Gasteiger partial charge in [-0.1, -0.05) is 0 Å². The van der Waals surface area contributed by atoms with Gasteiger partial charge in [0.15, 0.2) is 0 Å². The summed E-state index contributed by atoms with van der Waals surface area (Å²) in [7, 11) is 2.19. The van der Waals surface area contributed by atoms with Crippen LogP contribution in [0, 0.1) is 5.92 Å². The van der Waals surface area contributed by atoms with E-state index in [4.69, 9.17) is 0 Å². The van der Waals surface area contributed by atoms with E-state index in [2.05, 4.69) is 17.3 Å². The van der Waals surface area contributed by atoms with Gasteiger partial charge in [-0.05, 0) is 7.05 Å². The molecule has 0 amide bonds. The van der Waals surface area contributed by atoms with Gasteiger partial charge in [0.05, 0.1) is 0 Å². The third kappa shape index (κ3) is 1.56. The summed E-state index contributed by atoms with van der Waals surface area (Å²) in [5.74, 6) is 0.986. The highest BCUT2D eigenvalue weighted by atomic mass is 35.5. The van der Waals surface area contributed by atoms with E-state index in [9.17, 15) is 0 Å². The Kier molecular flexibility index (Phi) is 3.95. The van der Waals surface area contributed by atoms with Crippen molar-refractivity contribution in [1.29, 1.82) is 0 Å². The molecule has 1 N–H and O–H groups in total. The van der Waals surface area contributed by atoms with Gasteiger partial charge < -0.3 is 10.2 Å². The van der Waals surface area contributed by atoms with E-state index in [1.54, 1.807) is 0 Å². The minimum absolute atomic E-state index is 0. The Labute approximate surface area is 74.2 Å².